The van der Waals surface area contributed by atoms with Crippen molar-refractivity contribution in [1.29, 1.82) is 0 Å². The highest BCUT2D eigenvalue weighted by Gasteiger charge is 2.41. The molecule has 1 aliphatic heterocycles. The van der Waals surface area contributed by atoms with Gasteiger partial charge in [0.05, 0.1) is 11.7 Å². The molecule has 1 N–H and O–H groups in total. The Labute approximate surface area is 101 Å². The smallest absolute Gasteiger partial charge is 0.0708 e. The molecule has 16 heavy (non-hydrogen) atoms. The second-order valence-corrected chi connectivity index (χ2v) is 6.70. The lowest BCUT2D eigenvalue weighted by Crippen LogP contribution is -2.32. The Hall–Kier alpha value is 0.0700. The van der Waals surface area contributed by atoms with E-state index in [1.54, 1.807) is 6.26 Å². The van der Waals surface area contributed by atoms with Crippen LogP contribution in [0.25, 0.3) is 0 Å². The molecule has 1 saturated carbocycles. The maximum absolute atomic E-state index is 10.9. The monoisotopic (exact) mass is 245 g/mol. The van der Waals surface area contributed by atoms with Crippen LogP contribution in [0.4, 0.5) is 0 Å². The summed E-state index contributed by atoms with van der Waals surface area (Å²) in [5.74, 6) is 0.748. The summed E-state index contributed by atoms with van der Waals surface area (Å²) in [5.41, 5.74) is 0.250. The van der Waals surface area contributed by atoms with Gasteiger partial charge in [0, 0.05) is 35.9 Å². The number of nitrogens with one attached hydrogen (secondary N) is 1. The summed E-state index contributed by atoms with van der Waals surface area (Å²) in [6.45, 7) is 1.77. The van der Waals surface area contributed by atoms with E-state index in [1.807, 2.05) is 0 Å². The molecule has 2 aliphatic rings. The largest absolute Gasteiger partial charge is 0.370 e. The molecule has 3 nitrogen and oxygen atoms in total. The van der Waals surface area contributed by atoms with Crippen LogP contribution in [0.15, 0.2) is 0 Å². The minimum atomic E-state index is -0.680. The van der Waals surface area contributed by atoms with E-state index >= 15 is 0 Å². The highest BCUT2D eigenvalue weighted by Crippen LogP contribution is 2.42. The van der Waals surface area contributed by atoms with E-state index in [9.17, 15) is 4.21 Å². The molecule has 0 aromatic heterocycles. The topological polar surface area (TPSA) is 38.3 Å². The average molecular weight is 245 g/mol. The van der Waals surface area contributed by atoms with Gasteiger partial charge in [-0.15, -0.1) is 0 Å². The van der Waals surface area contributed by atoms with Crippen LogP contribution in [-0.2, 0) is 15.5 Å². The zero-order valence-corrected chi connectivity index (χ0v) is 11.0. The maximum atomic E-state index is 10.9. The Morgan fingerprint density at radius 2 is 2.12 bits per heavy atom. The van der Waals surface area contributed by atoms with Crippen LogP contribution in [0.5, 0.6) is 0 Å². The fraction of sp³-hybridized carbons (Fsp3) is 1.00. The second kappa shape index (κ2) is 5.61. The van der Waals surface area contributed by atoms with Crippen LogP contribution in [0.1, 0.15) is 38.5 Å². The molecule has 0 amide bonds. The SMILES string of the molecule is CS(=O)CCNCC1CCC2(CCCC2)O1. The highest BCUT2D eigenvalue weighted by molar-refractivity contribution is 7.84. The molecule has 0 radical (unpaired) electrons. The molecular weight excluding hydrogens is 222 g/mol. The van der Waals surface area contributed by atoms with E-state index in [0.29, 0.717) is 6.10 Å². The van der Waals surface area contributed by atoms with Crippen molar-refractivity contribution < 1.29 is 8.95 Å². The Balaban J connectivity index is 1.63. The quantitative estimate of drug-likeness (QED) is 0.745. The first kappa shape index (κ1) is 12.5. The fourth-order valence-corrected chi connectivity index (χ4v) is 3.34. The van der Waals surface area contributed by atoms with Crippen molar-refractivity contribution in [1.82, 2.24) is 5.32 Å². The molecule has 0 aromatic carbocycles. The van der Waals surface area contributed by atoms with E-state index in [1.165, 1.54) is 38.5 Å². The molecule has 4 heteroatoms. The number of hydrogen-bond donors (Lipinski definition) is 1. The van der Waals surface area contributed by atoms with E-state index in [0.717, 1.165) is 18.8 Å². The minimum Gasteiger partial charge on any atom is -0.370 e. The summed E-state index contributed by atoms with van der Waals surface area (Å²) in [6, 6.07) is 0. The molecule has 0 aromatic rings. The molecule has 0 bridgehead atoms. The first-order chi connectivity index (χ1) is 7.70. The standard InChI is InChI=1S/C12H23NO2S/c1-16(14)9-8-13-10-11-4-7-12(15-11)5-2-3-6-12/h11,13H,2-10H2,1H3. The lowest BCUT2D eigenvalue weighted by atomic mass is 9.98. The third-order valence-electron chi connectivity index (χ3n) is 3.79. The molecule has 1 saturated heterocycles. The molecule has 2 atom stereocenters. The van der Waals surface area contributed by atoms with Crippen LogP contribution in [0, 0.1) is 0 Å². The number of hydrogen-bond acceptors (Lipinski definition) is 3. The fourth-order valence-electron chi connectivity index (χ4n) is 2.91. The van der Waals surface area contributed by atoms with Crippen LogP contribution in [0.3, 0.4) is 0 Å². The predicted octanol–water partition coefficient (Wildman–Crippen LogP) is 1.45. The van der Waals surface area contributed by atoms with E-state index in [-0.39, 0.29) is 5.60 Å². The van der Waals surface area contributed by atoms with Crippen LogP contribution in [-0.4, -0.2) is 41.0 Å². The van der Waals surface area contributed by atoms with Crippen molar-refractivity contribution in [3.8, 4) is 0 Å². The zero-order chi connectivity index (χ0) is 11.4. The van der Waals surface area contributed by atoms with Crippen molar-refractivity contribution in [3.05, 3.63) is 0 Å². The highest BCUT2D eigenvalue weighted by atomic mass is 32.2. The van der Waals surface area contributed by atoms with Crippen molar-refractivity contribution in [3.63, 3.8) is 0 Å². The van der Waals surface area contributed by atoms with Crippen LogP contribution < -0.4 is 5.32 Å². The van der Waals surface area contributed by atoms with Crippen LogP contribution >= 0.6 is 0 Å². The Kier molecular flexibility index (Phi) is 4.39. The summed E-state index contributed by atoms with van der Waals surface area (Å²) >= 11 is 0. The lowest BCUT2D eigenvalue weighted by Gasteiger charge is -2.23. The van der Waals surface area contributed by atoms with Gasteiger partial charge in [-0.25, -0.2) is 0 Å². The third-order valence-corrected chi connectivity index (χ3v) is 4.57. The molecule has 2 unspecified atom stereocenters. The molecule has 1 aliphatic carbocycles. The Bertz CT molecular complexity index is 251. The van der Waals surface area contributed by atoms with E-state index in [4.69, 9.17) is 4.74 Å². The Morgan fingerprint density at radius 3 is 2.81 bits per heavy atom. The van der Waals surface area contributed by atoms with Gasteiger partial charge in [0.1, 0.15) is 0 Å². The van der Waals surface area contributed by atoms with Crippen molar-refractivity contribution in [2.24, 2.45) is 0 Å². The maximum Gasteiger partial charge on any atom is 0.0708 e. The first-order valence-corrected chi connectivity index (χ1v) is 8.11. The zero-order valence-electron chi connectivity index (χ0n) is 10.2. The minimum absolute atomic E-state index is 0.250. The first-order valence-electron chi connectivity index (χ1n) is 6.39. The van der Waals surface area contributed by atoms with Crippen molar-refractivity contribution in [2.45, 2.75) is 50.2 Å². The third kappa shape index (κ3) is 3.28. The van der Waals surface area contributed by atoms with Gasteiger partial charge < -0.3 is 10.1 Å². The molecule has 94 valence electrons. The molecule has 2 fully saturated rings. The van der Waals surface area contributed by atoms with Gasteiger partial charge in [0.2, 0.25) is 0 Å². The summed E-state index contributed by atoms with van der Waals surface area (Å²) in [5, 5.41) is 3.35. The van der Waals surface area contributed by atoms with Gasteiger partial charge in [-0.3, -0.25) is 4.21 Å². The molecular formula is C12H23NO2S. The predicted molar refractivity (Wildman–Crippen MR) is 67.1 cm³/mol. The molecule has 1 spiro atoms. The Morgan fingerprint density at radius 1 is 1.38 bits per heavy atom. The van der Waals surface area contributed by atoms with Crippen LogP contribution in [0.2, 0.25) is 0 Å². The molecule has 1 heterocycles. The van der Waals surface area contributed by atoms with Gasteiger partial charge in [0.25, 0.3) is 0 Å². The summed E-state index contributed by atoms with van der Waals surface area (Å²) in [7, 11) is -0.680. The normalized spacial score (nSPS) is 29.9. The summed E-state index contributed by atoms with van der Waals surface area (Å²) in [6.07, 6.45) is 9.81. The average Bonchev–Trinajstić information content (AvgIpc) is 2.85. The lowest BCUT2D eigenvalue weighted by molar-refractivity contribution is -0.0349. The van der Waals surface area contributed by atoms with Gasteiger partial charge in [0.15, 0.2) is 0 Å². The molecule has 2 rings (SSSR count). The van der Waals surface area contributed by atoms with Gasteiger partial charge >= 0.3 is 0 Å². The second-order valence-electron chi connectivity index (χ2n) is 5.15. The van der Waals surface area contributed by atoms with Gasteiger partial charge in [-0.05, 0) is 25.7 Å². The van der Waals surface area contributed by atoms with Gasteiger partial charge in [-0.1, -0.05) is 12.8 Å². The van der Waals surface area contributed by atoms with E-state index < -0.39 is 10.8 Å². The van der Waals surface area contributed by atoms with E-state index in [2.05, 4.69) is 5.32 Å². The number of ether oxygens (including phenoxy) is 1. The van der Waals surface area contributed by atoms with Crippen molar-refractivity contribution in [2.75, 3.05) is 25.1 Å². The summed E-state index contributed by atoms with van der Waals surface area (Å²) < 4.78 is 17.1. The number of rotatable bonds is 5. The van der Waals surface area contributed by atoms with Gasteiger partial charge in [-0.2, -0.15) is 0 Å². The summed E-state index contributed by atoms with van der Waals surface area (Å²) in [4.78, 5) is 0. The van der Waals surface area contributed by atoms with Crippen molar-refractivity contribution >= 4 is 10.8 Å².